The molecule has 0 aliphatic carbocycles. The minimum absolute atomic E-state index is 0.243. The molecule has 0 aliphatic heterocycles. The van der Waals surface area contributed by atoms with Gasteiger partial charge < -0.3 is 9.67 Å². The first-order chi connectivity index (χ1) is 9.54. The Morgan fingerprint density at radius 2 is 2.20 bits per heavy atom. The first kappa shape index (κ1) is 12.3. The van der Waals surface area contributed by atoms with Crippen LogP contribution in [0.25, 0.3) is 11.0 Å². The van der Waals surface area contributed by atoms with Crippen molar-refractivity contribution in [3.05, 3.63) is 41.7 Å². The highest BCUT2D eigenvalue weighted by atomic mass is 16.4. The Kier molecular flexibility index (Phi) is 2.74. The van der Waals surface area contributed by atoms with E-state index in [0.717, 1.165) is 16.9 Å². The third-order valence-corrected chi connectivity index (χ3v) is 3.13. The Balaban J connectivity index is 2.10. The maximum atomic E-state index is 11.1. The summed E-state index contributed by atoms with van der Waals surface area (Å²) >= 11 is 0. The monoisotopic (exact) mass is 271 g/mol. The van der Waals surface area contributed by atoms with Crippen molar-refractivity contribution in [2.45, 2.75) is 13.5 Å². The number of hydrogen-bond donors (Lipinski definition) is 1. The molecule has 0 atom stereocenters. The summed E-state index contributed by atoms with van der Waals surface area (Å²) in [6.07, 6.45) is 1.63. The van der Waals surface area contributed by atoms with E-state index in [1.807, 2.05) is 11.5 Å². The van der Waals surface area contributed by atoms with Crippen LogP contribution in [0.1, 0.15) is 22.0 Å². The molecule has 0 aliphatic rings. The minimum Gasteiger partial charge on any atom is -0.478 e. The van der Waals surface area contributed by atoms with E-state index in [0.29, 0.717) is 12.4 Å². The first-order valence-electron chi connectivity index (χ1n) is 6.09. The van der Waals surface area contributed by atoms with Crippen LogP contribution in [0, 0.1) is 6.92 Å². The zero-order valence-electron chi connectivity index (χ0n) is 11.1. The second kappa shape index (κ2) is 4.44. The fraction of sp³-hybridized carbons (Fsp3) is 0.231. The zero-order valence-corrected chi connectivity index (χ0v) is 11.1. The molecular weight excluding hydrogens is 258 g/mol. The summed E-state index contributed by atoms with van der Waals surface area (Å²) in [5, 5.41) is 13.3. The first-order valence-corrected chi connectivity index (χ1v) is 6.09. The van der Waals surface area contributed by atoms with E-state index in [-0.39, 0.29) is 5.56 Å². The van der Waals surface area contributed by atoms with Crippen molar-refractivity contribution >= 4 is 17.0 Å². The normalized spacial score (nSPS) is 11.1. The van der Waals surface area contributed by atoms with Crippen LogP contribution in [0.5, 0.6) is 0 Å². The van der Waals surface area contributed by atoms with E-state index < -0.39 is 5.97 Å². The van der Waals surface area contributed by atoms with Crippen LogP contribution in [-0.2, 0) is 13.6 Å². The van der Waals surface area contributed by atoms with Gasteiger partial charge in [0.05, 0.1) is 23.1 Å². The molecule has 1 aromatic carbocycles. The van der Waals surface area contributed by atoms with Gasteiger partial charge in [-0.15, -0.1) is 0 Å². The Hall–Kier alpha value is -2.70. The standard InChI is InChI=1S/C13H13N5O2/c1-8-15-10-4-3-9(13(19)20)5-11(10)18(8)6-12-14-7-17(2)16-12/h3-5,7H,6H2,1-2H3,(H,19,20). The molecule has 0 bridgehead atoms. The number of carbonyl (C=O) groups is 1. The van der Waals surface area contributed by atoms with Crippen molar-refractivity contribution in [1.82, 2.24) is 24.3 Å². The van der Waals surface area contributed by atoms with Crippen LogP contribution < -0.4 is 0 Å². The summed E-state index contributed by atoms with van der Waals surface area (Å²) in [4.78, 5) is 19.7. The Morgan fingerprint density at radius 1 is 1.40 bits per heavy atom. The maximum absolute atomic E-state index is 11.1. The third kappa shape index (κ3) is 2.03. The maximum Gasteiger partial charge on any atom is 0.335 e. The summed E-state index contributed by atoms with van der Waals surface area (Å²) in [7, 11) is 1.80. The molecule has 7 nitrogen and oxygen atoms in total. The van der Waals surface area contributed by atoms with E-state index in [1.54, 1.807) is 36.3 Å². The Labute approximate surface area is 114 Å². The highest BCUT2D eigenvalue weighted by molar-refractivity contribution is 5.92. The van der Waals surface area contributed by atoms with Gasteiger partial charge in [-0.2, -0.15) is 5.10 Å². The van der Waals surface area contributed by atoms with Gasteiger partial charge in [-0.25, -0.2) is 14.8 Å². The smallest absolute Gasteiger partial charge is 0.335 e. The van der Waals surface area contributed by atoms with Crippen molar-refractivity contribution in [3.8, 4) is 0 Å². The van der Waals surface area contributed by atoms with E-state index in [9.17, 15) is 4.79 Å². The van der Waals surface area contributed by atoms with Gasteiger partial charge in [-0.1, -0.05) is 0 Å². The number of aryl methyl sites for hydroxylation is 2. The number of rotatable bonds is 3. The average Bonchev–Trinajstić information content (AvgIpc) is 2.94. The fourth-order valence-corrected chi connectivity index (χ4v) is 2.17. The molecule has 2 aromatic heterocycles. The predicted octanol–water partition coefficient (Wildman–Crippen LogP) is 1.22. The predicted molar refractivity (Wildman–Crippen MR) is 71.5 cm³/mol. The molecule has 0 fully saturated rings. The number of carboxylic acid groups (broad SMARTS) is 1. The van der Waals surface area contributed by atoms with Gasteiger partial charge in [0.25, 0.3) is 0 Å². The zero-order chi connectivity index (χ0) is 14.3. The SMILES string of the molecule is Cc1nc2ccc(C(=O)O)cc2n1Cc1ncn(C)n1. The number of aromatic carboxylic acids is 1. The van der Waals surface area contributed by atoms with Crippen LogP contribution in [0.2, 0.25) is 0 Å². The van der Waals surface area contributed by atoms with E-state index in [4.69, 9.17) is 5.11 Å². The van der Waals surface area contributed by atoms with E-state index >= 15 is 0 Å². The number of hydrogen-bond acceptors (Lipinski definition) is 4. The third-order valence-electron chi connectivity index (χ3n) is 3.13. The lowest BCUT2D eigenvalue weighted by Gasteiger charge is -2.04. The van der Waals surface area contributed by atoms with Crippen molar-refractivity contribution in [2.75, 3.05) is 0 Å². The van der Waals surface area contributed by atoms with Gasteiger partial charge >= 0.3 is 5.97 Å². The average molecular weight is 271 g/mol. The molecule has 20 heavy (non-hydrogen) atoms. The summed E-state index contributed by atoms with van der Waals surface area (Å²) in [6, 6.07) is 4.90. The quantitative estimate of drug-likeness (QED) is 0.774. The molecule has 3 aromatic rings. The number of imidazole rings is 1. The summed E-state index contributed by atoms with van der Waals surface area (Å²) in [6.45, 7) is 2.34. The van der Waals surface area contributed by atoms with Gasteiger partial charge in [0.15, 0.2) is 5.82 Å². The van der Waals surface area contributed by atoms with Crippen LogP contribution >= 0.6 is 0 Å². The molecule has 1 N–H and O–H groups in total. The number of fused-ring (bicyclic) bond motifs is 1. The van der Waals surface area contributed by atoms with Crippen LogP contribution in [0.15, 0.2) is 24.5 Å². The van der Waals surface area contributed by atoms with E-state index in [1.165, 1.54) is 0 Å². The lowest BCUT2D eigenvalue weighted by molar-refractivity contribution is 0.0697. The molecule has 0 amide bonds. The number of aromatic nitrogens is 5. The highest BCUT2D eigenvalue weighted by Crippen LogP contribution is 2.18. The van der Waals surface area contributed by atoms with Crippen molar-refractivity contribution in [3.63, 3.8) is 0 Å². The van der Waals surface area contributed by atoms with Gasteiger partial charge in [-0.3, -0.25) is 4.68 Å². The topological polar surface area (TPSA) is 85.8 Å². The van der Waals surface area contributed by atoms with Crippen LogP contribution in [-0.4, -0.2) is 35.4 Å². The fourth-order valence-electron chi connectivity index (χ4n) is 2.17. The summed E-state index contributed by atoms with van der Waals surface area (Å²) in [5.41, 5.74) is 1.78. The van der Waals surface area contributed by atoms with Gasteiger partial charge in [0.1, 0.15) is 12.2 Å². The minimum atomic E-state index is -0.951. The van der Waals surface area contributed by atoms with Crippen molar-refractivity contribution < 1.29 is 9.90 Å². The molecule has 0 saturated heterocycles. The van der Waals surface area contributed by atoms with Gasteiger partial charge in [0, 0.05) is 7.05 Å². The second-order valence-electron chi connectivity index (χ2n) is 4.59. The molecule has 2 heterocycles. The number of nitrogens with zero attached hydrogens (tertiary/aromatic N) is 5. The van der Waals surface area contributed by atoms with Gasteiger partial charge in [-0.05, 0) is 25.1 Å². The lowest BCUT2D eigenvalue weighted by atomic mass is 10.2. The molecule has 0 unspecified atom stereocenters. The Morgan fingerprint density at radius 3 is 2.85 bits per heavy atom. The van der Waals surface area contributed by atoms with Crippen molar-refractivity contribution in [2.24, 2.45) is 7.05 Å². The molecule has 0 saturated carbocycles. The molecular formula is C13H13N5O2. The number of carboxylic acids is 1. The molecule has 0 spiro atoms. The van der Waals surface area contributed by atoms with Crippen LogP contribution in [0.4, 0.5) is 0 Å². The molecule has 3 rings (SSSR count). The highest BCUT2D eigenvalue weighted by Gasteiger charge is 2.12. The second-order valence-corrected chi connectivity index (χ2v) is 4.59. The lowest BCUT2D eigenvalue weighted by Crippen LogP contribution is -2.05. The molecule has 0 radical (unpaired) electrons. The largest absolute Gasteiger partial charge is 0.478 e. The van der Waals surface area contributed by atoms with Crippen molar-refractivity contribution in [1.29, 1.82) is 0 Å². The molecule has 102 valence electrons. The van der Waals surface area contributed by atoms with E-state index in [2.05, 4.69) is 15.1 Å². The number of benzene rings is 1. The van der Waals surface area contributed by atoms with Gasteiger partial charge in [0.2, 0.25) is 0 Å². The molecule has 7 heteroatoms. The summed E-state index contributed by atoms with van der Waals surface area (Å²) in [5.74, 6) is 0.513. The Bertz CT molecular complexity index is 802. The van der Waals surface area contributed by atoms with Crippen LogP contribution in [0.3, 0.4) is 0 Å². The summed E-state index contributed by atoms with van der Waals surface area (Å²) < 4.78 is 3.55.